The van der Waals surface area contributed by atoms with Crippen molar-refractivity contribution in [2.75, 3.05) is 0 Å². The number of aliphatic hydroxyl groups is 1. The first-order valence-corrected chi connectivity index (χ1v) is 11.6. The second kappa shape index (κ2) is 5.98. The summed E-state index contributed by atoms with van der Waals surface area (Å²) in [6, 6.07) is 1.62. The second-order valence-corrected chi connectivity index (χ2v) is 11.5. The number of rotatable bonds is 0. The zero-order valence-corrected chi connectivity index (χ0v) is 19.2. The minimum atomic E-state index is -0.544. The van der Waals surface area contributed by atoms with Gasteiger partial charge in [-0.1, -0.05) is 43.6 Å². The average molecular weight is 463 g/mol. The molecule has 2 aliphatic carbocycles. The van der Waals surface area contributed by atoms with E-state index in [2.05, 4.69) is 48.9 Å². The van der Waals surface area contributed by atoms with Crippen LogP contribution in [0.5, 0.6) is 5.75 Å². The first-order chi connectivity index (χ1) is 13.5. The van der Waals surface area contributed by atoms with Gasteiger partial charge in [0.15, 0.2) is 0 Å². The Balaban J connectivity index is 1.75. The van der Waals surface area contributed by atoms with E-state index in [1.54, 1.807) is 0 Å². The zero-order valence-electron chi connectivity index (χ0n) is 17.6. The van der Waals surface area contributed by atoms with Crippen LogP contribution < -0.4 is 15.8 Å². The summed E-state index contributed by atoms with van der Waals surface area (Å²) in [6.07, 6.45) is 3.13. The third kappa shape index (κ3) is 2.31. The summed E-state index contributed by atoms with van der Waals surface area (Å²) in [6.45, 7) is 9.50. The van der Waals surface area contributed by atoms with Crippen LogP contribution in [0.15, 0.2) is 10.5 Å². The maximum absolute atomic E-state index is 12.3. The summed E-state index contributed by atoms with van der Waals surface area (Å²) in [5, 5.41) is 13.9. The number of carbonyl (C=O) groups excluding carboxylic acids is 1. The Morgan fingerprint density at radius 3 is 2.72 bits per heavy atom. The molecule has 0 radical (unpaired) electrons. The molecule has 6 heteroatoms. The molecule has 2 fully saturated rings. The van der Waals surface area contributed by atoms with E-state index in [0.29, 0.717) is 24.4 Å². The maximum Gasteiger partial charge on any atom is 0.252 e. The van der Waals surface area contributed by atoms with Crippen molar-refractivity contribution >= 4 is 21.8 Å². The smallest absolute Gasteiger partial charge is 0.252 e. The Bertz CT molecular complexity index is 916. The third-order valence-electron chi connectivity index (χ3n) is 9.04. The lowest BCUT2D eigenvalue weighted by molar-refractivity contribution is -0.238. The number of hydrogen-bond donors (Lipinski definition) is 3. The topological polar surface area (TPSA) is 84.6 Å². The second-order valence-electron chi connectivity index (χ2n) is 10.6. The fourth-order valence-electron chi connectivity index (χ4n) is 7.10. The van der Waals surface area contributed by atoms with Gasteiger partial charge < -0.3 is 20.9 Å². The van der Waals surface area contributed by atoms with Crippen LogP contribution >= 0.6 is 15.9 Å². The molecule has 2 unspecified atom stereocenters. The SMILES string of the molecule is C[C@H]1CC[C@H]2C(C)(C)C(O)C(N)C[C@]23Oc2c(c(Br)cc4c2CNC4=O)C[C@]13C. The lowest BCUT2D eigenvalue weighted by atomic mass is 9.43. The molecule has 4 aliphatic rings. The van der Waals surface area contributed by atoms with Crippen LogP contribution in [0.1, 0.15) is 68.4 Å². The van der Waals surface area contributed by atoms with E-state index in [1.165, 1.54) is 5.56 Å². The summed E-state index contributed by atoms with van der Waals surface area (Å²) >= 11 is 3.73. The molecule has 0 saturated heterocycles. The molecule has 2 saturated carbocycles. The summed E-state index contributed by atoms with van der Waals surface area (Å²) in [4.78, 5) is 12.3. The minimum Gasteiger partial charge on any atom is -0.486 e. The normalized spacial score (nSPS) is 42.1. The summed E-state index contributed by atoms with van der Waals surface area (Å²) in [5.74, 6) is 1.51. The molecule has 5 rings (SSSR count). The van der Waals surface area contributed by atoms with Crippen molar-refractivity contribution in [2.45, 2.75) is 77.7 Å². The standard InChI is InChI=1S/C23H31BrN2O3/c1-11-5-6-17-21(2,3)19(27)16(25)9-23(17)22(11,4)8-13-15(24)7-12-14(18(13)29-23)10-26-20(12)28/h7,11,16-17,19,27H,5-6,8-10,25H2,1-4H3,(H,26,28)/t11-,16?,17-,19?,22+,23-/m0/s1. The van der Waals surface area contributed by atoms with E-state index >= 15 is 0 Å². The molecular formula is C23H31BrN2O3. The van der Waals surface area contributed by atoms with Gasteiger partial charge in [-0.15, -0.1) is 0 Å². The Hall–Kier alpha value is -1.11. The quantitative estimate of drug-likeness (QED) is 0.550. The Labute approximate surface area is 180 Å². The predicted octanol–water partition coefficient (Wildman–Crippen LogP) is 3.54. The number of hydrogen-bond acceptors (Lipinski definition) is 4. The van der Waals surface area contributed by atoms with Gasteiger partial charge in [0.05, 0.1) is 6.10 Å². The Morgan fingerprint density at radius 2 is 2.00 bits per heavy atom. The van der Waals surface area contributed by atoms with Gasteiger partial charge in [0.25, 0.3) is 5.91 Å². The van der Waals surface area contributed by atoms with Crippen molar-refractivity contribution in [2.24, 2.45) is 28.4 Å². The fraction of sp³-hybridized carbons (Fsp3) is 0.696. The van der Waals surface area contributed by atoms with Crippen LogP contribution in [-0.2, 0) is 13.0 Å². The van der Waals surface area contributed by atoms with Gasteiger partial charge in [-0.2, -0.15) is 0 Å². The van der Waals surface area contributed by atoms with E-state index in [9.17, 15) is 9.90 Å². The fourth-order valence-corrected chi connectivity index (χ4v) is 7.65. The molecule has 6 atom stereocenters. The van der Waals surface area contributed by atoms with Gasteiger partial charge in [0, 0.05) is 51.5 Å². The van der Waals surface area contributed by atoms with Crippen molar-refractivity contribution in [1.82, 2.24) is 5.32 Å². The zero-order chi connectivity index (χ0) is 20.9. The van der Waals surface area contributed by atoms with Crippen LogP contribution in [0.4, 0.5) is 0 Å². The molecule has 1 amide bonds. The number of amides is 1. The van der Waals surface area contributed by atoms with Crippen molar-refractivity contribution in [1.29, 1.82) is 0 Å². The summed E-state index contributed by atoms with van der Waals surface area (Å²) in [5.41, 5.74) is 8.52. The van der Waals surface area contributed by atoms with Gasteiger partial charge in [-0.05, 0) is 36.7 Å². The largest absolute Gasteiger partial charge is 0.486 e. The van der Waals surface area contributed by atoms with Crippen LogP contribution in [-0.4, -0.2) is 28.8 Å². The van der Waals surface area contributed by atoms with Gasteiger partial charge in [0.1, 0.15) is 11.4 Å². The van der Waals surface area contributed by atoms with Gasteiger partial charge in [-0.25, -0.2) is 0 Å². The van der Waals surface area contributed by atoms with Crippen molar-refractivity contribution < 1.29 is 14.6 Å². The number of ether oxygens (including phenoxy) is 1. The molecule has 158 valence electrons. The molecule has 29 heavy (non-hydrogen) atoms. The number of benzene rings is 1. The highest BCUT2D eigenvalue weighted by Crippen LogP contribution is 2.66. The van der Waals surface area contributed by atoms with Crippen molar-refractivity contribution in [3.8, 4) is 5.75 Å². The van der Waals surface area contributed by atoms with E-state index in [0.717, 1.165) is 35.0 Å². The highest BCUT2D eigenvalue weighted by atomic mass is 79.9. The molecule has 2 heterocycles. The first kappa shape index (κ1) is 19.8. The maximum atomic E-state index is 12.3. The third-order valence-corrected chi connectivity index (χ3v) is 9.75. The predicted molar refractivity (Wildman–Crippen MR) is 115 cm³/mol. The lowest BCUT2D eigenvalue weighted by Crippen LogP contribution is -2.74. The highest BCUT2D eigenvalue weighted by Gasteiger charge is 2.69. The van der Waals surface area contributed by atoms with Gasteiger partial charge in [0.2, 0.25) is 0 Å². The van der Waals surface area contributed by atoms with Crippen LogP contribution in [0.25, 0.3) is 0 Å². The van der Waals surface area contributed by atoms with Crippen LogP contribution in [0.2, 0.25) is 0 Å². The molecule has 1 aromatic rings. The lowest BCUT2D eigenvalue weighted by Gasteiger charge is -2.68. The van der Waals surface area contributed by atoms with Crippen LogP contribution in [0.3, 0.4) is 0 Å². The Kier molecular flexibility index (Phi) is 4.09. The van der Waals surface area contributed by atoms with Gasteiger partial charge in [-0.3, -0.25) is 4.79 Å². The number of aliphatic hydroxyl groups excluding tert-OH is 1. The van der Waals surface area contributed by atoms with Crippen molar-refractivity contribution in [3.05, 3.63) is 27.2 Å². The molecule has 1 spiro atoms. The number of fused-ring (bicyclic) bond motifs is 3. The number of nitrogens with one attached hydrogen (secondary N) is 1. The molecular weight excluding hydrogens is 432 g/mol. The van der Waals surface area contributed by atoms with E-state index < -0.39 is 11.7 Å². The highest BCUT2D eigenvalue weighted by molar-refractivity contribution is 9.10. The molecule has 4 N–H and O–H groups in total. The molecule has 0 aromatic heterocycles. The van der Waals surface area contributed by atoms with Gasteiger partial charge >= 0.3 is 0 Å². The average Bonchev–Trinajstić information content (AvgIpc) is 3.01. The van der Waals surface area contributed by atoms with E-state index in [1.807, 2.05) is 6.07 Å². The molecule has 1 aromatic carbocycles. The Morgan fingerprint density at radius 1 is 1.28 bits per heavy atom. The van der Waals surface area contributed by atoms with E-state index in [4.69, 9.17) is 10.5 Å². The monoisotopic (exact) mass is 462 g/mol. The number of carbonyl (C=O) groups is 1. The molecule has 5 nitrogen and oxygen atoms in total. The number of nitrogens with two attached hydrogens (primary N) is 1. The van der Waals surface area contributed by atoms with E-state index in [-0.39, 0.29) is 28.7 Å². The molecule has 0 bridgehead atoms. The number of halogens is 1. The van der Waals surface area contributed by atoms with Crippen molar-refractivity contribution in [3.63, 3.8) is 0 Å². The molecule has 2 aliphatic heterocycles. The van der Waals surface area contributed by atoms with Crippen LogP contribution in [0, 0.1) is 22.7 Å². The summed E-state index contributed by atoms with van der Waals surface area (Å²) in [7, 11) is 0. The minimum absolute atomic E-state index is 0.0393. The summed E-state index contributed by atoms with van der Waals surface area (Å²) < 4.78 is 8.07. The first-order valence-electron chi connectivity index (χ1n) is 10.8.